The normalized spacial score (nSPS) is 18.0. The summed E-state index contributed by atoms with van der Waals surface area (Å²) in [4.78, 5) is 19.5. The number of nitrogens with one attached hydrogen (secondary N) is 1. The Morgan fingerprint density at radius 1 is 1.14 bits per heavy atom. The van der Waals surface area contributed by atoms with Crippen LogP contribution in [0.25, 0.3) is 11.0 Å². The highest BCUT2D eigenvalue weighted by Gasteiger charge is 2.21. The Morgan fingerprint density at radius 2 is 2.00 bits per heavy atom. The highest BCUT2D eigenvalue weighted by atomic mass is 32.1. The van der Waals surface area contributed by atoms with Gasteiger partial charge in [-0.25, -0.2) is 0 Å². The first-order chi connectivity index (χ1) is 14.2. The van der Waals surface area contributed by atoms with Crippen molar-refractivity contribution < 1.29 is 9.21 Å². The maximum absolute atomic E-state index is 11.8. The van der Waals surface area contributed by atoms with Gasteiger partial charge in [0.15, 0.2) is 0 Å². The maximum atomic E-state index is 11.8. The van der Waals surface area contributed by atoms with Gasteiger partial charge in [-0.1, -0.05) is 11.6 Å². The Balaban J connectivity index is 1.18. The van der Waals surface area contributed by atoms with Crippen LogP contribution in [-0.2, 0) is 17.6 Å². The van der Waals surface area contributed by atoms with Crippen molar-refractivity contribution >= 4 is 39.6 Å². The predicted octanol–water partition coefficient (Wildman–Crippen LogP) is 4.44. The number of fused-ring (bicyclic) bond motifs is 2. The van der Waals surface area contributed by atoms with Crippen molar-refractivity contribution in [1.29, 1.82) is 0 Å². The summed E-state index contributed by atoms with van der Waals surface area (Å²) in [5.41, 5.74) is 4.52. The number of nitrogens with zero attached hydrogens (tertiary/aromatic N) is 2. The van der Waals surface area contributed by atoms with E-state index >= 15 is 0 Å². The van der Waals surface area contributed by atoms with Crippen molar-refractivity contribution in [2.45, 2.75) is 32.6 Å². The van der Waals surface area contributed by atoms with Crippen molar-refractivity contribution in [1.82, 2.24) is 4.90 Å². The molecule has 3 aromatic rings. The zero-order chi connectivity index (χ0) is 19.8. The molecule has 0 saturated carbocycles. The maximum Gasteiger partial charge on any atom is 0.224 e. The zero-order valence-electron chi connectivity index (χ0n) is 16.9. The smallest absolute Gasteiger partial charge is 0.224 e. The summed E-state index contributed by atoms with van der Waals surface area (Å²) in [5, 5.41) is 4.29. The molecule has 4 heterocycles. The van der Waals surface area contributed by atoms with Gasteiger partial charge in [-0.15, -0.1) is 11.3 Å². The Bertz CT molecular complexity index is 1030. The zero-order valence-corrected chi connectivity index (χ0v) is 17.7. The third kappa shape index (κ3) is 3.91. The van der Waals surface area contributed by atoms with E-state index in [-0.39, 0.29) is 5.91 Å². The molecule has 1 aromatic carbocycles. The largest absolute Gasteiger partial charge is 0.462 e. The number of hydrogen-bond acceptors (Lipinski definition) is 5. The molecule has 0 bridgehead atoms. The van der Waals surface area contributed by atoms with Gasteiger partial charge in [-0.3, -0.25) is 9.69 Å². The molecule has 152 valence electrons. The number of aryl methyl sites for hydroxylation is 2. The number of rotatable bonds is 4. The van der Waals surface area contributed by atoms with Gasteiger partial charge < -0.3 is 14.6 Å². The highest BCUT2D eigenvalue weighted by Crippen LogP contribution is 2.32. The Morgan fingerprint density at radius 3 is 2.86 bits per heavy atom. The van der Waals surface area contributed by atoms with Gasteiger partial charge in [0.2, 0.25) is 5.91 Å². The topological polar surface area (TPSA) is 48.7 Å². The average molecular weight is 410 g/mol. The third-order valence-electron chi connectivity index (χ3n) is 6.04. The molecule has 1 fully saturated rings. The summed E-state index contributed by atoms with van der Waals surface area (Å²) in [5.74, 6) is 0.159. The minimum Gasteiger partial charge on any atom is -0.462 e. The Labute approximate surface area is 175 Å². The monoisotopic (exact) mass is 409 g/mol. The molecule has 0 spiro atoms. The van der Waals surface area contributed by atoms with E-state index in [0.717, 1.165) is 63.3 Å². The van der Waals surface area contributed by atoms with Gasteiger partial charge in [-0.05, 0) is 44.4 Å². The first-order valence-corrected chi connectivity index (χ1v) is 11.3. The van der Waals surface area contributed by atoms with E-state index in [1.54, 1.807) is 0 Å². The molecular weight excluding hydrogens is 382 g/mol. The van der Waals surface area contributed by atoms with Crippen molar-refractivity contribution in [3.05, 3.63) is 45.8 Å². The van der Waals surface area contributed by atoms with Crippen LogP contribution in [0.1, 0.15) is 28.2 Å². The van der Waals surface area contributed by atoms with E-state index in [0.29, 0.717) is 6.42 Å². The summed E-state index contributed by atoms with van der Waals surface area (Å²) in [6.45, 7) is 7.40. The molecule has 1 N–H and O–H groups in total. The van der Waals surface area contributed by atoms with Crippen LogP contribution in [0.3, 0.4) is 0 Å². The van der Waals surface area contributed by atoms with Crippen LogP contribution in [0.4, 0.5) is 11.4 Å². The minimum atomic E-state index is 0.159. The molecule has 2 aliphatic rings. The number of hydrogen-bond donors (Lipinski definition) is 1. The van der Waals surface area contributed by atoms with E-state index in [2.05, 4.69) is 46.3 Å². The number of piperazine rings is 1. The number of amides is 1. The molecular formula is C23H27N3O2S. The molecule has 2 aromatic heterocycles. The molecule has 0 radical (unpaired) electrons. The third-order valence-corrected chi connectivity index (χ3v) is 7.29. The van der Waals surface area contributed by atoms with Crippen LogP contribution in [-0.4, -0.2) is 43.5 Å². The van der Waals surface area contributed by atoms with Crippen molar-refractivity contribution in [2.24, 2.45) is 0 Å². The van der Waals surface area contributed by atoms with Crippen molar-refractivity contribution in [2.75, 3.05) is 42.9 Å². The van der Waals surface area contributed by atoms with Crippen LogP contribution in [0, 0.1) is 6.92 Å². The van der Waals surface area contributed by atoms with E-state index in [4.69, 9.17) is 4.42 Å². The van der Waals surface area contributed by atoms with Crippen LogP contribution < -0.4 is 10.2 Å². The fourth-order valence-electron chi connectivity index (χ4n) is 4.38. The number of thiophene rings is 1. The van der Waals surface area contributed by atoms with Crippen molar-refractivity contribution in [3.63, 3.8) is 0 Å². The SMILES string of the molecule is Cc1ccc2occ(N3CCN(CCc4cc5c(s4)CCCC(=O)N5)CC3)c2c1. The van der Waals surface area contributed by atoms with Crippen molar-refractivity contribution in [3.8, 4) is 0 Å². The van der Waals surface area contributed by atoms with Crippen LogP contribution in [0.5, 0.6) is 0 Å². The Hall–Kier alpha value is -2.31. The van der Waals surface area contributed by atoms with Gasteiger partial charge in [0, 0.05) is 54.3 Å². The van der Waals surface area contributed by atoms with Gasteiger partial charge in [0.25, 0.3) is 0 Å². The van der Waals surface area contributed by atoms with Crippen LogP contribution >= 0.6 is 11.3 Å². The molecule has 6 heteroatoms. The van der Waals surface area contributed by atoms with E-state index < -0.39 is 0 Å². The fraction of sp³-hybridized carbons (Fsp3) is 0.435. The second-order valence-electron chi connectivity index (χ2n) is 8.15. The van der Waals surface area contributed by atoms with E-state index in [1.165, 1.54) is 26.4 Å². The summed E-state index contributed by atoms with van der Waals surface area (Å²) in [6.07, 6.45) is 5.60. The number of carbonyl (C=O) groups is 1. The molecule has 5 nitrogen and oxygen atoms in total. The fourth-order valence-corrected chi connectivity index (χ4v) is 5.53. The molecule has 0 unspecified atom stereocenters. The molecule has 29 heavy (non-hydrogen) atoms. The molecule has 0 aliphatic carbocycles. The lowest BCUT2D eigenvalue weighted by atomic mass is 10.1. The molecule has 5 rings (SSSR count). The first-order valence-electron chi connectivity index (χ1n) is 10.5. The lowest BCUT2D eigenvalue weighted by molar-refractivity contribution is -0.116. The number of carbonyl (C=O) groups excluding carboxylic acids is 1. The molecule has 0 atom stereocenters. The number of furan rings is 1. The van der Waals surface area contributed by atoms with Crippen LogP contribution in [0.2, 0.25) is 0 Å². The summed E-state index contributed by atoms with van der Waals surface area (Å²) >= 11 is 1.88. The number of benzene rings is 1. The average Bonchev–Trinajstić information content (AvgIpc) is 3.26. The predicted molar refractivity (Wildman–Crippen MR) is 119 cm³/mol. The summed E-state index contributed by atoms with van der Waals surface area (Å²) in [6, 6.07) is 8.58. The second-order valence-corrected chi connectivity index (χ2v) is 9.37. The van der Waals surface area contributed by atoms with E-state index in [1.807, 2.05) is 17.6 Å². The van der Waals surface area contributed by atoms with E-state index in [9.17, 15) is 4.79 Å². The van der Waals surface area contributed by atoms with Crippen LogP contribution in [0.15, 0.2) is 34.9 Å². The molecule has 2 aliphatic heterocycles. The second kappa shape index (κ2) is 7.84. The molecule has 1 amide bonds. The number of anilines is 2. The standard InChI is InChI=1S/C23H27N3O2S/c1-16-5-6-21-18(13-16)20(15-28-21)26-11-9-25(10-12-26)8-7-17-14-19-22(29-17)3-2-4-23(27)24-19/h5-6,13-15H,2-4,7-12H2,1H3,(H,24,27). The van der Waals surface area contributed by atoms with Gasteiger partial charge in [-0.2, -0.15) is 0 Å². The Kier molecular flexibility index (Phi) is 5.06. The quantitative estimate of drug-likeness (QED) is 0.692. The van der Waals surface area contributed by atoms with Gasteiger partial charge >= 0.3 is 0 Å². The molecule has 1 saturated heterocycles. The lowest BCUT2D eigenvalue weighted by Gasteiger charge is -2.35. The highest BCUT2D eigenvalue weighted by molar-refractivity contribution is 7.12. The minimum absolute atomic E-state index is 0.159. The lowest BCUT2D eigenvalue weighted by Crippen LogP contribution is -2.46. The summed E-state index contributed by atoms with van der Waals surface area (Å²) in [7, 11) is 0. The summed E-state index contributed by atoms with van der Waals surface area (Å²) < 4.78 is 5.76. The first kappa shape index (κ1) is 18.7. The van der Waals surface area contributed by atoms with Gasteiger partial charge in [0.05, 0.1) is 11.4 Å². The van der Waals surface area contributed by atoms with Gasteiger partial charge in [0.1, 0.15) is 11.8 Å².